The van der Waals surface area contributed by atoms with Gasteiger partial charge < -0.3 is 24.7 Å². The van der Waals surface area contributed by atoms with Crippen LogP contribution in [0.4, 0.5) is 11.6 Å². The van der Waals surface area contributed by atoms with E-state index in [0.717, 1.165) is 22.2 Å². The number of carbonyl (C=O) groups is 1. The zero-order chi connectivity index (χ0) is 21.0. The Morgan fingerprint density at radius 3 is 2.81 bits per heavy atom. The van der Waals surface area contributed by atoms with Crippen LogP contribution in [0.1, 0.15) is 0 Å². The lowest BCUT2D eigenvalue weighted by Crippen LogP contribution is -2.42. The Morgan fingerprint density at radius 1 is 1.13 bits per heavy atom. The smallest absolute Gasteiger partial charge is 0.260 e. The number of rotatable bonds is 6. The number of aromatic nitrogens is 5. The van der Waals surface area contributed by atoms with E-state index in [-0.39, 0.29) is 12.5 Å². The molecule has 2 aromatic carbocycles. The largest absolute Gasteiger partial charge is 0.484 e. The minimum Gasteiger partial charge on any atom is -0.484 e. The maximum Gasteiger partial charge on any atom is 0.260 e. The molecular formula is C21H21N7O3. The second-order valence-electron chi connectivity index (χ2n) is 7.13. The minimum atomic E-state index is -0.0352. The molecule has 0 bridgehead atoms. The molecule has 0 unspecified atom stereocenters. The van der Waals surface area contributed by atoms with E-state index in [2.05, 4.69) is 30.7 Å². The predicted octanol–water partition coefficient (Wildman–Crippen LogP) is 2.33. The molecule has 0 aliphatic carbocycles. The van der Waals surface area contributed by atoms with Crippen molar-refractivity contribution in [2.45, 2.75) is 0 Å². The third kappa shape index (κ3) is 4.33. The number of aromatic amines is 2. The number of H-pyrrole nitrogens is 2. The van der Waals surface area contributed by atoms with Gasteiger partial charge in [0.2, 0.25) is 5.95 Å². The molecule has 0 spiro atoms. The molecule has 0 radical (unpaired) electrons. The van der Waals surface area contributed by atoms with Gasteiger partial charge >= 0.3 is 0 Å². The Labute approximate surface area is 177 Å². The lowest BCUT2D eigenvalue weighted by molar-refractivity contribution is -0.137. The Balaban J connectivity index is 1.20. The number of benzene rings is 2. The third-order valence-electron chi connectivity index (χ3n) is 5.04. The van der Waals surface area contributed by atoms with Crippen LogP contribution in [0.15, 0.2) is 48.7 Å². The highest BCUT2D eigenvalue weighted by Gasteiger charge is 2.17. The maximum absolute atomic E-state index is 12.2. The van der Waals surface area contributed by atoms with Gasteiger partial charge in [-0.1, -0.05) is 0 Å². The number of ether oxygens (including phenoxy) is 2. The number of anilines is 2. The van der Waals surface area contributed by atoms with E-state index in [1.54, 1.807) is 11.1 Å². The molecule has 1 aliphatic heterocycles. The molecule has 5 rings (SSSR count). The standard InChI is InChI=1S/C21H21N7O3/c29-19(28-7-9-30-10-8-28)13-31-17-4-1-14(2-5-17)20-24-21(27-26-20)23-16-3-6-18-15(11-16)12-22-25-18/h1-6,11-12H,7-10,13H2,(H,22,25)(H2,23,24,26,27). The summed E-state index contributed by atoms with van der Waals surface area (Å²) in [5.41, 5.74) is 2.71. The molecule has 1 fully saturated rings. The van der Waals surface area contributed by atoms with Crippen LogP contribution in [0, 0.1) is 0 Å². The Kier molecular flexibility index (Phi) is 5.19. The van der Waals surface area contributed by atoms with Crippen molar-refractivity contribution >= 4 is 28.4 Å². The lowest BCUT2D eigenvalue weighted by Gasteiger charge is -2.26. The van der Waals surface area contributed by atoms with Gasteiger partial charge in [-0.3, -0.25) is 9.89 Å². The van der Waals surface area contributed by atoms with E-state index >= 15 is 0 Å². The van der Waals surface area contributed by atoms with Crippen molar-refractivity contribution in [1.29, 1.82) is 0 Å². The van der Waals surface area contributed by atoms with Crippen molar-refractivity contribution < 1.29 is 14.3 Å². The first-order valence-electron chi connectivity index (χ1n) is 9.96. The summed E-state index contributed by atoms with van der Waals surface area (Å²) in [6, 6.07) is 13.2. The fourth-order valence-corrected chi connectivity index (χ4v) is 3.36. The molecule has 1 amide bonds. The van der Waals surface area contributed by atoms with Gasteiger partial charge in [-0.15, -0.1) is 10.2 Å². The summed E-state index contributed by atoms with van der Waals surface area (Å²) in [6.07, 6.45) is 1.77. The SMILES string of the molecule is O=C(COc1ccc(-c2nnc(Nc3ccc4[nH]ncc4c3)[nH]2)cc1)N1CCOCC1. The Morgan fingerprint density at radius 2 is 1.97 bits per heavy atom. The molecule has 10 heteroatoms. The van der Waals surface area contributed by atoms with Crippen molar-refractivity contribution in [1.82, 2.24) is 30.3 Å². The number of amides is 1. The molecule has 3 N–H and O–H groups in total. The van der Waals surface area contributed by atoms with Crippen LogP contribution < -0.4 is 10.1 Å². The molecule has 4 aromatic rings. The average molecular weight is 419 g/mol. The van der Waals surface area contributed by atoms with E-state index in [1.807, 2.05) is 42.5 Å². The first-order valence-corrected chi connectivity index (χ1v) is 9.96. The fraction of sp³-hybridized carbons (Fsp3) is 0.238. The van der Waals surface area contributed by atoms with Gasteiger partial charge in [-0.25, -0.2) is 0 Å². The first kappa shape index (κ1) is 19.1. The molecule has 2 aromatic heterocycles. The summed E-state index contributed by atoms with van der Waals surface area (Å²) >= 11 is 0. The highest BCUT2D eigenvalue weighted by atomic mass is 16.5. The number of nitrogens with zero attached hydrogens (tertiary/aromatic N) is 4. The number of nitrogens with one attached hydrogen (secondary N) is 3. The van der Waals surface area contributed by atoms with E-state index in [9.17, 15) is 4.79 Å². The highest BCUT2D eigenvalue weighted by Crippen LogP contribution is 2.23. The molecule has 0 saturated carbocycles. The summed E-state index contributed by atoms with van der Waals surface area (Å²) in [7, 11) is 0. The quantitative estimate of drug-likeness (QED) is 0.439. The number of morpholine rings is 1. The minimum absolute atomic E-state index is 0.0106. The molecule has 31 heavy (non-hydrogen) atoms. The zero-order valence-electron chi connectivity index (χ0n) is 16.7. The topological polar surface area (TPSA) is 121 Å². The van der Waals surface area contributed by atoms with Crippen molar-refractivity contribution in [3.8, 4) is 17.1 Å². The molecule has 1 saturated heterocycles. The molecule has 3 heterocycles. The van der Waals surface area contributed by atoms with Crippen LogP contribution in [0.3, 0.4) is 0 Å². The van der Waals surface area contributed by atoms with Crippen LogP contribution in [0.25, 0.3) is 22.3 Å². The number of hydrogen-bond acceptors (Lipinski definition) is 7. The number of fused-ring (bicyclic) bond motifs is 1. The number of hydrogen-bond donors (Lipinski definition) is 3. The van der Waals surface area contributed by atoms with Gasteiger partial charge in [0.15, 0.2) is 12.4 Å². The molecule has 158 valence electrons. The summed E-state index contributed by atoms with van der Waals surface area (Å²) in [4.78, 5) is 17.1. The summed E-state index contributed by atoms with van der Waals surface area (Å²) in [6.45, 7) is 2.38. The molecule has 1 aliphatic rings. The second kappa shape index (κ2) is 8.44. The summed E-state index contributed by atoms with van der Waals surface area (Å²) in [5.74, 6) is 1.75. The summed E-state index contributed by atoms with van der Waals surface area (Å²) < 4.78 is 10.9. The lowest BCUT2D eigenvalue weighted by atomic mass is 10.2. The van der Waals surface area contributed by atoms with Gasteiger partial charge in [0.1, 0.15) is 5.75 Å². The maximum atomic E-state index is 12.2. The molecule has 0 atom stereocenters. The van der Waals surface area contributed by atoms with Gasteiger partial charge in [0.25, 0.3) is 5.91 Å². The van der Waals surface area contributed by atoms with E-state index in [4.69, 9.17) is 9.47 Å². The normalized spacial score (nSPS) is 14.0. The summed E-state index contributed by atoms with van der Waals surface area (Å²) in [5, 5.41) is 19.5. The van der Waals surface area contributed by atoms with E-state index in [1.165, 1.54) is 0 Å². The predicted molar refractivity (Wildman–Crippen MR) is 114 cm³/mol. The van der Waals surface area contributed by atoms with Gasteiger partial charge in [0.05, 0.1) is 24.9 Å². The van der Waals surface area contributed by atoms with Crippen LogP contribution in [-0.2, 0) is 9.53 Å². The Hall–Kier alpha value is -3.92. The van der Waals surface area contributed by atoms with Crippen molar-refractivity contribution in [2.24, 2.45) is 0 Å². The third-order valence-corrected chi connectivity index (χ3v) is 5.04. The highest BCUT2D eigenvalue weighted by molar-refractivity contribution is 5.82. The van der Waals surface area contributed by atoms with Crippen LogP contribution in [0.2, 0.25) is 0 Å². The van der Waals surface area contributed by atoms with Gasteiger partial charge in [0, 0.05) is 29.7 Å². The zero-order valence-corrected chi connectivity index (χ0v) is 16.7. The first-order chi connectivity index (χ1) is 15.2. The van der Waals surface area contributed by atoms with Crippen LogP contribution in [-0.4, -0.2) is 69.1 Å². The van der Waals surface area contributed by atoms with Gasteiger partial charge in [-0.05, 0) is 42.5 Å². The monoisotopic (exact) mass is 419 g/mol. The van der Waals surface area contributed by atoms with E-state index < -0.39 is 0 Å². The second-order valence-corrected chi connectivity index (χ2v) is 7.13. The number of carbonyl (C=O) groups excluding carboxylic acids is 1. The van der Waals surface area contributed by atoms with Crippen molar-refractivity contribution in [2.75, 3.05) is 38.2 Å². The van der Waals surface area contributed by atoms with Crippen molar-refractivity contribution in [3.63, 3.8) is 0 Å². The van der Waals surface area contributed by atoms with Gasteiger partial charge in [-0.2, -0.15) is 5.10 Å². The van der Waals surface area contributed by atoms with Crippen LogP contribution in [0.5, 0.6) is 5.75 Å². The van der Waals surface area contributed by atoms with E-state index in [0.29, 0.717) is 43.8 Å². The molecule has 10 nitrogen and oxygen atoms in total. The average Bonchev–Trinajstić information content (AvgIpc) is 3.48. The van der Waals surface area contributed by atoms with Crippen molar-refractivity contribution in [3.05, 3.63) is 48.7 Å². The Bertz CT molecular complexity index is 1180. The fourth-order valence-electron chi connectivity index (χ4n) is 3.36. The van der Waals surface area contributed by atoms with Crippen LogP contribution >= 0.6 is 0 Å². The molecular weight excluding hydrogens is 398 g/mol.